The van der Waals surface area contributed by atoms with Crippen LogP contribution in [0, 0.1) is 17.2 Å². The molecular formula is C23H31N5. The zero-order chi connectivity index (χ0) is 19.2. The Hall–Kier alpha value is -2.16. The molecule has 5 heteroatoms. The number of aromatic nitrogens is 1. The van der Waals surface area contributed by atoms with Gasteiger partial charge < -0.3 is 15.1 Å². The van der Waals surface area contributed by atoms with Gasteiger partial charge in [0.2, 0.25) is 0 Å². The van der Waals surface area contributed by atoms with E-state index in [-0.39, 0.29) is 0 Å². The minimum absolute atomic E-state index is 0.659. The maximum absolute atomic E-state index is 9.34. The molecule has 2 saturated heterocycles. The summed E-state index contributed by atoms with van der Waals surface area (Å²) in [5.74, 6) is 0.764. The third-order valence-electron chi connectivity index (χ3n) is 6.31. The lowest BCUT2D eigenvalue weighted by Gasteiger charge is -2.34. The highest BCUT2D eigenvalue weighted by Crippen LogP contribution is 2.31. The Balaban J connectivity index is 1.27. The molecule has 1 N–H and O–H groups in total. The molecule has 2 aromatic rings. The first-order valence-corrected chi connectivity index (χ1v) is 10.8. The van der Waals surface area contributed by atoms with Crippen LogP contribution in [0.4, 0.5) is 5.69 Å². The molecule has 0 amide bonds. The van der Waals surface area contributed by atoms with E-state index in [9.17, 15) is 5.26 Å². The number of benzene rings is 1. The second-order valence-electron chi connectivity index (χ2n) is 8.18. The average Bonchev–Trinajstić information content (AvgIpc) is 2.77. The standard InChI is InChI=1S/C23H31N5/c24-17-20-6-7-22(21-5-4-10-26-23(20)21)28-14-8-19(9-15-28)18-25-11-16-27-12-2-1-3-13-27/h4-7,10,19,25H,1-3,8-9,11-16,18H2. The molecule has 0 saturated carbocycles. The highest BCUT2D eigenvalue weighted by atomic mass is 15.1. The van der Waals surface area contributed by atoms with Gasteiger partial charge in [-0.15, -0.1) is 0 Å². The highest BCUT2D eigenvalue weighted by Gasteiger charge is 2.21. The van der Waals surface area contributed by atoms with E-state index in [1.165, 1.54) is 57.4 Å². The fraction of sp³-hybridized carbons (Fsp3) is 0.565. The van der Waals surface area contributed by atoms with Crippen molar-refractivity contribution < 1.29 is 0 Å². The smallest absolute Gasteiger partial charge is 0.101 e. The van der Waals surface area contributed by atoms with Gasteiger partial charge in [0, 0.05) is 43.4 Å². The zero-order valence-corrected chi connectivity index (χ0v) is 16.7. The van der Waals surface area contributed by atoms with Crippen LogP contribution in [0.3, 0.4) is 0 Å². The Morgan fingerprint density at radius 3 is 2.68 bits per heavy atom. The van der Waals surface area contributed by atoms with Gasteiger partial charge in [-0.1, -0.05) is 6.42 Å². The van der Waals surface area contributed by atoms with Crippen molar-refractivity contribution in [2.75, 3.05) is 50.7 Å². The van der Waals surface area contributed by atoms with E-state index in [0.29, 0.717) is 5.56 Å². The Morgan fingerprint density at radius 2 is 1.89 bits per heavy atom. The van der Waals surface area contributed by atoms with Gasteiger partial charge in [0.05, 0.1) is 11.1 Å². The molecule has 148 valence electrons. The minimum Gasteiger partial charge on any atom is -0.371 e. The second kappa shape index (κ2) is 9.36. The number of piperidine rings is 2. The molecule has 2 aliphatic rings. The molecule has 0 radical (unpaired) electrons. The summed E-state index contributed by atoms with van der Waals surface area (Å²) in [6.07, 6.45) is 8.37. The first-order chi connectivity index (χ1) is 13.8. The molecule has 4 rings (SSSR count). The lowest BCUT2D eigenvalue weighted by atomic mass is 9.95. The van der Waals surface area contributed by atoms with Gasteiger partial charge in [-0.2, -0.15) is 5.26 Å². The van der Waals surface area contributed by atoms with Gasteiger partial charge in [-0.25, -0.2) is 0 Å². The molecule has 0 atom stereocenters. The quantitative estimate of drug-likeness (QED) is 0.782. The Kier molecular flexibility index (Phi) is 6.41. The van der Waals surface area contributed by atoms with Crippen LogP contribution < -0.4 is 10.2 Å². The first kappa shape index (κ1) is 19.2. The molecule has 28 heavy (non-hydrogen) atoms. The van der Waals surface area contributed by atoms with E-state index in [1.807, 2.05) is 12.1 Å². The Morgan fingerprint density at radius 1 is 1.07 bits per heavy atom. The summed E-state index contributed by atoms with van der Waals surface area (Å²) in [5.41, 5.74) is 2.70. The number of rotatable bonds is 6. The number of anilines is 1. The molecule has 1 aromatic heterocycles. The maximum Gasteiger partial charge on any atom is 0.101 e. The van der Waals surface area contributed by atoms with Crippen molar-refractivity contribution in [1.82, 2.24) is 15.2 Å². The van der Waals surface area contributed by atoms with Gasteiger partial charge >= 0.3 is 0 Å². The largest absolute Gasteiger partial charge is 0.371 e. The number of nitriles is 1. The summed E-state index contributed by atoms with van der Waals surface area (Å²) in [4.78, 5) is 9.52. The summed E-state index contributed by atoms with van der Waals surface area (Å²) in [6.45, 7) is 8.18. The van der Waals surface area contributed by atoms with Crippen LogP contribution in [-0.4, -0.2) is 55.7 Å². The van der Waals surface area contributed by atoms with Gasteiger partial charge in [0.25, 0.3) is 0 Å². The second-order valence-corrected chi connectivity index (χ2v) is 8.18. The van der Waals surface area contributed by atoms with Gasteiger partial charge in [0.1, 0.15) is 6.07 Å². The average molecular weight is 378 g/mol. The predicted octanol–water partition coefficient (Wildman–Crippen LogP) is 3.40. The van der Waals surface area contributed by atoms with Gasteiger partial charge in [-0.05, 0) is 75.5 Å². The number of hydrogen-bond acceptors (Lipinski definition) is 5. The fourth-order valence-corrected chi connectivity index (χ4v) is 4.63. The number of nitrogens with zero attached hydrogens (tertiary/aromatic N) is 4. The topological polar surface area (TPSA) is 55.2 Å². The first-order valence-electron chi connectivity index (χ1n) is 10.8. The van der Waals surface area contributed by atoms with Crippen LogP contribution in [0.5, 0.6) is 0 Å². The van der Waals surface area contributed by atoms with Crippen LogP contribution in [-0.2, 0) is 0 Å². The fourth-order valence-electron chi connectivity index (χ4n) is 4.63. The molecule has 3 heterocycles. The minimum atomic E-state index is 0.659. The third-order valence-corrected chi connectivity index (χ3v) is 6.31. The molecule has 2 fully saturated rings. The normalized spacial score (nSPS) is 19.0. The molecular weight excluding hydrogens is 346 g/mol. The van der Waals surface area contributed by atoms with Crippen molar-refractivity contribution in [3.05, 3.63) is 36.0 Å². The van der Waals surface area contributed by atoms with Crippen LogP contribution in [0.15, 0.2) is 30.5 Å². The van der Waals surface area contributed by atoms with Crippen LogP contribution in [0.25, 0.3) is 10.9 Å². The van der Waals surface area contributed by atoms with Crippen molar-refractivity contribution in [3.63, 3.8) is 0 Å². The maximum atomic E-state index is 9.34. The molecule has 5 nitrogen and oxygen atoms in total. The lowest BCUT2D eigenvalue weighted by Crippen LogP contribution is -2.40. The van der Waals surface area contributed by atoms with E-state index >= 15 is 0 Å². The number of nitrogens with one attached hydrogen (secondary N) is 1. The Labute approximate surface area is 168 Å². The number of likely N-dealkylation sites (tertiary alicyclic amines) is 1. The molecule has 2 aliphatic heterocycles. The zero-order valence-electron chi connectivity index (χ0n) is 16.7. The number of pyridine rings is 1. The lowest BCUT2D eigenvalue weighted by molar-refractivity contribution is 0.226. The Bertz CT molecular complexity index is 813. The van der Waals surface area contributed by atoms with E-state index in [0.717, 1.165) is 43.0 Å². The van der Waals surface area contributed by atoms with Crippen molar-refractivity contribution in [2.24, 2.45) is 5.92 Å². The molecule has 0 unspecified atom stereocenters. The van der Waals surface area contributed by atoms with E-state index in [4.69, 9.17) is 0 Å². The van der Waals surface area contributed by atoms with E-state index < -0.39 is 0 Å². The number of fused-ring (bicyclic) bond motifs is 1. The summed E-state index contributed by atoms with van der Waals surface area (Å²) in [6, 6.07) is 10.3. The summed E-state index contributed by atoms with van der Waals surface area (Å²) in [5, 5.41) is 14.1. The van der Waals surface area contributed by atoms with Crippen molar-refractivity contribution >= 4 is 16.6 Å². The summed E-state index contributed by atoms with van der Waals surface area (Å²) < 4.78 is 0. The predicted molar refractivity (Wildman–Crippen MR) is 115 cm³/mol. The highest BCUT2D eigenvalue weighted by molar-refractivity contribution is 5.95. The van der Waals surface area contributed by atoms with E-state index in [2.05, 4.69) is 38.3 Å². The van der Waals surface area contributed by atoms with Gasteiger partial charge in [-0.3, -0.25) is 4.98 Å². The number of hydrogen-bond donors (Lipinski definition) is 1. The third kappa shape index (κ3) is 4.45. The van der Waals surface area contributed by atoms with Crippen LogP contribution in [0.1, 0.15) is 37.7 Å². The molecule has 0 aliphatic carbocycles. The van der Waals surface area contributed by atoms with Crippen LogP contribution >= 0.6 is 0 Å². The molecule has 0 spiro atoms. The molecule has 1 aromatic carbocycles. The van der Waals surface area contributed by atoms with E-state index in [1.54, 1.807) is 6.20 Å². The van der Waals surface area contributed by atoms with Crippen LogP contribution in [0.2, 0.25) is 0 Å². The molecule has 0 bridgehead atoms. The van der Waals surface area contributed by atoms with Crippen molar-refractivity contribution in [1.29, 1.82) is 5.26 Å². The van der Waals surface area contributed by atoms with Gasteiger partial charge in [0.15, 0.2) is 0 Å². The van der Waals surface area contributed by atoms with Crippen molar-refractivity contribution in [3.8, 4) is 6.07 Å². The van der Waals surface area contributed by atoms with Crippen molar-refractivity contribution in [2.45, 2.75) is 32.1 Å². The SMILES string of the molecule is N#Cc1ccc(N2CCC(CNCCN3CCCCC3)CC2)c2cccnc12. The monoisotopic (exact) mass is 377 g/mol. The summed E-state index contributed by atoms with van der Waals surface area (Å²) in [7, 11) is 0. The summed E-state index contributed by atoms with van der Waals surface area (Å²) >= 11 is 0.